The normalized spacial score (nSPS) is 18.9. The fourth-order valence-electron chi connectivity index (χ4n) is 2.58. The Labute approximate surface area is 136 Å². The van der Waals surface area contributed by atoms with Crippen LogP contribution in [0.25, 0.3) is 0 Å². The van der Waals surface area contributed by atoms with Crippen molar-refractivity contribution in [2.24, 2.45) is 11.7 Å². The van der Waals surface area contributed by atoms with Gasteiger partial charge in [-0.15, -0.1) is 0 Å². The van der Waals surface area contributed by atoms with E-state index >= 15 is 0 Å². The fraction of sp³-hybridized carbons (Fsp3) is 0.467. The number of carbonyl (C=O) groups excluding carboxylic acids is 2. The average Bonchev–Trinajstić information content (AvgIpc) is 2.54. The molecular formula is C15H21N3O4S. The largest absolute Gasteiger partial charge is 0.369 e. The number of nitrogens with zero attached hydrogens (tertiary/aromatic N) is 2. The Morgan fingerprint density at radius 3 is 2.61 bits per heavy atom. The van der Waals surface area contributed by atoms with Gasteiger partial charge in [0.05, 0.1) is 10.8 Å². The zero-order chi connectivity index (χ0) is 17.2. The van der Waals surface area contributed by atoms with E-state index in [2.05, 4.69) is 0 Å². The van der Waals surface area contributed by atoms with Crippen LogP contribution < -0.4 is 5.73 Å². The van der Waals surface area contributed by atoms with Crippen molar-refractivity contribution in [3.63, 3.8) is 0 Å². The molecule has 126 valence electrons. The summed E-state index contributed by atoms with van der Waals surface area (Å²) >= 11 is 0. The van der Waals surface area contributed by atoms with Gasteiger partial charge in [-0.3, -0.25) is 9.59 Å². The summed E-state index contributed by atoms with van der Waals surface area (Å²) in [5, 5.41) is 0. The van der Waals surface area contributed by atoms with Gasteiger partial charge >= 0.3 is 0 Å². The van der Waals surface area contributed by atoms with Gasteiger partial charge in [-0.2, -0.15) is 0 Å². The molecule has 7 nitrogen and oxygen atoms in total. The summed E-state index contributed by atoms with van der Waals surface area (Å²) in [4.78, 5) is 25.5. The molecule has 1 aliphatic heterocycles. The highest BCUT2D eigenvalue weighted by atomic mass is 32.2. The van der Waals surface area contributed by atoms with Crippen molar-refractivity contribution >= 4 is 21.8 Å². The van der Waals surface area contributed by atoms with Gasteiger partial charge in [0.15, 0.2) is 0 Å². The number of likely N-dealkylation sites (tertiary alicyclic amines) is 1. The average molecular weight is 339 g/mol. The first-order valence-electron chi connectivity index (χ1n) is 7.34. The van der Waals surface area contributed by atoms with Crippen molar-refractivity contribution in [2.75, 3.05) is 27.2 Å². The number of hydrogen-bond donors (Lipinski definition) is 1. The highest BCUT2D eigenvalue weighted by Gasteiger charge is 2.28. The van der Waals surface area contributed by atoms with E-state index in [0.717, 1.165) is 4.31 Å². The highest BCUT2D eigenvalue weighted by Crippen LogP contribution is 2.20. The predicted octanol–water partition coefficient (Wildman–Crippen LogP) is 0.274. The van der Waals surface area contributed by atoms with Crippen LogP contribution in [0.1, 0.15) is 23.2 Å². The van der Waals surface area contributed by atoms with Gasteiger partial charge in [0.1, 0.15) is 0 Å². The molecule has 1 unspecified atom stereocenters. The second-order valence-electron chi connectivity index (χ2n) is 5.81. The van der Waals surface area contributed by atoms with Gasteiger partial charge in [-0.1, -0.05) is 6.07 Å². The fourth-order valence-corrected chi connectivity index (χ4v) is 3.52. The van der Waals surface area contributed by atoms with E-state index in [1.165, 1.54) is 26.2 Å². The number of piperidine rings is 1. The van der Waals surface area contributed by atoms with Crippen LogP contribution >= 0.6 is 0 Å². The van der Waals surface area contributed by atoms with Crippen LogP contribution in [0.4, 0.5) is 0 Å². The van der Waals surface area contributed by atoms with Crippen molar-refractivity contribution in [3.8, 4) is 0 Å². The molecule has 8 heteroatoms. The number of carbonyl (C=O) groups is 2. The predicted molar refractivity (Wildman–Crippen MR) is 85.1 cm³/mol. The van der Waals surface area contributed by atoms with E-state index in [1.807, 2.05) is 0 Å². The minimum atomic E-state index is -3.60. The third kappa shape index (κ3) is 3.70. The lowest BCUT2D eigenvalue weighted by molar-refractivity contribution is -0.123. The van der Waals surface area contributed by atoms with Gasteiger partial charge in [0.2, 0.25) is 15.9 Å². The van der Waals surface area contributed by atoms with E-state index in [-0.39, 0.29) is 28.8 Å². The molecule has 1 aromatic carbocycles. The molecule has 2 N–H and O–H groups in total. The van der Waals surface area contributed by atoms with E-state index < -0.39 is 15.9 Å². The second-order valence-corrected chi connectivity index (χ2v) is 7.96. The molecule has 2 amide bonds. The number of sulfonamides is 1. The summed E-state index contributed by atoms with van der Waals surface area (Å²) in [5.41, 5.74) is 5.61. The maximum atomic E-state index is 12.6. The van der Waals surface area contributed by atoms with Gasteiger partial charge in [0.25, 0.3) is 5.91 Å². The van der Waals surface area contributed by atoms with Crippen LogP contribution in [-0.2, 0) is 14.8 Å². The van der Waals surface area contributed by atoms with Gasteiger partial charge in [-0.05, 0) is 31.0 Å². The maximum absolute atomic E-state index is 12.6. The van der Waals surface area contributed by atoms with Crippen LogP contribution in [0.5, 0.6) is 0 Å². The summed E-state index contributed by atoms with van der Waals surface area (Å²) < 4.78 is 25.4. The lowest BCUT2D eigenvalue weighted by Crippen LogP contribution is -2.44. The number of benzene rings is 1. The summed E-state index contributed by atoms with van der Waals surface area (Å²) in [6, 6.07) is 5.93. The molecule has 1 fully saturated rings. The van der Waals surface area contributed by atoms with E-state index in [9.17, 15) is 18.0 Å². The van der Waals surface area contributed by atoms with E-state index in [0.29, 0.717) is 19.4 Å². The highest BCUT2D eigenvalue weighted by molar-refractivity contribution is 7.89. The zero-order valence-corrected chi connectivity index (χ0v) is 14.0. The molecule has 0 aliphatic carbocycles. The van der Waals surface area contributed by atoms with Crippen LogP contribution in [0, 0.1) is 5.92 Å². The van der Waals surface area contributed by atoms with Crippen molar-refractivity contribution in [2.45, 2.75) is 17.7 Å². The SMILES string of the molecule is CN(C)S(=O)(=O)c1cccc(C(=O)N2CCCC(C(N)=O)C2)c1. The Kier molecular flexibility index (Phi) is 5.06. The monoisotopic (exact) mass is 339 g/mol. The summed E-state index contributed by atoms with van der Waals surface area (Å²) in [7, 11) is -0.727. The first-order valence-corrected chi connectivity index (χ1v) is 8.78. The second kappa shape index (κ2) is 6.67. The molecule has 2 rings (SSSR count). The molecule has 0 saturated carbocycles. The molecule has 1 aliphatic rings. The Balaban J connectivity index is 2.25. The van der Waals surface area contributed by atoms with E-state index in [1.54, 1.807) is 17.0 Å². The number of hydrogen-bond acceptors (Lipinski definition) is 4. The molecular weight excluding hydrogens is 318 g/mol. The Morgan fingerprint density at radius 2 is 2.00 bits per heavy atom. The summed E-state index contributed by atoms with van der Waals surface area (Å²) in [5.74, 6) is -1.04. The van der Waals surface area contributed by atoms with Crippen molar-refractivity contribution in [1.82, 2.24) is 9.21 Å². The molecule has 1 aromatic rings. The first kappa shape index (κ1) is 17.4. The zero-order valence-electron chi connectivity index (χ0n) is 13.2. The Hall–Kier alpha value is -1.93. The van der Waals surface area contributed by atoms with Gasteiger partial charge in [-0.25, -0.2) is 12.7 Å². The first-order chi connectivity index (χ1) is 10.7. The smallest absolute Gasteiger partial charge is 0.253 e. The molecule has 1 atom stereocenters. The number of rotatable bonds is 4. The molecule has 0 aromatic heterocycles. The van der Waals surface area contributed by atoms with Crippen LogP contribution in [0.3, 0.4) is 0 Å². The van der Waals surface area contributed by atoms with Crippen molar-refractivity contribution in [3.05, 3.63) is 29.8 Å². The molecule has 0 spiro atoms. The minimum Gasteiger partial charge on any atom is -0.369 e. The number of primary amides is 1. The Bertz CT molecular complexity index is 715. The molecule has 23 heavy (non-hydrogen) atoms. The minimum absolute atomic E-state index is 0.0665. The standard InChI is InChI=1S/C15H21N3O4S/c1-17(2)23(21,22)13-7-3-5-11(9-13)15(20)18-8-4-6-12(10-18)14(16)19/h3,5,7,9,12H,4,6,8,10H2,1-2H3,(H2,16,19). The lowest BCUT2D eigenvalue weighted by Gasteiger charge is -2.31. The molecule has 1 saturated heterocycles. The quantitative estimate of drug-likeness (QED) is 0.851. The van der Waals surface area contributed by atoms with Crippen molar-refractivity contribution in [1.29, 1.82) is 0 Å². The van der Waals surface area contributed by atoms with Crippen LogP contribution in [0.15, 0.2) is 29.2 Å². The lowest BCUT2D eigenvalue weighted by atomic mass is 9.97. The third-order valence-corrected chi connectivity index (χ3v) is 5.78. The number of nitrogens with two attached hydrogens (primary N) is 1. The third-order valence-electron chi connectivity index (χ3n) is 3.97. The molecule has 1 heterocycles. The molecule has 0 bridgehead atoms. The van der Waals surface area contributed by atoms with Gasteiger partial charge < -0.3 is 10.6 Å². The number of amides is 2. The maximum Gasteiger partial charge on any atom is 0.253 e. The van der Waals surface area contributed by atoms with Crippen LogP contribution in [0.2, 0.25) is 0 Å². The summed E-state index contributed by atoms with van der Waals surface area (Å²) in [6.07, 6.45) is 1.38. The Morgan fingerprint density at radius 1 is 1.30 bits per heavy atom. The topological polar surface area (TPSA) is 101 Å². The van der Waals surface area contributed by atoms with E-state index in [4.69, 9.17) is 5.73 Å². The van der Waals surface area contributed by atoms with Crippen LogP contribution in [-0.4, -0.2) is 56.6 Å². The summed E-state index contributed by atoms with van der Waals surface area (Å²) in [6.45, 7) is 0.812. The van der Waals surface area contributed by atoms with Gasteiger partial charge in [0, 0.05) is 32.7 Å². The molecule has 0 radical (unpaired) electrons. The van der Waals surface area contributed by atoms with Crippen molar-refractivity contribution < 1.29 is 18.0 Å².